The van der Waals surface area contributed by atoms with Crippen molar-refractivity contribution in [1.82, 2.24) is 15.3 Å². The van der Waals surface area contributed by atoms with E-state index < -0.39 is 0 Å². The third kappa shape index (κ3) is 4.19. The lowest BCUT2D eigenvalue weighted by atomic mass is 10.3. The van der Waals surface area contributed by atoms with E-state index >= 15 is 0 Å². The van der Waals surface area contributed by atoms with E-state index in [-0.39, 0.29) is 18.9 Å². The largest absolute Gasteiger partial charge is 0.491 e. The zero-order valence-electron chi connectivity index (χ0n) is 12.7. The second kappa shape index (κ2) is 7.55. The van der Waals surface area contributed by atoms with Crippen molar-refractivity contribution in [3.63, 3.8) is 0 Å². The van der Waals surface area contributed by atoms with Crippen LogP contribution in [0.25, 0.3) is 11.0 Å². The van der Waals surface area contributed by atoms with E-state index in [1.54, 1.807) is 18.2 Å². The van der Waals surface area contributed by atoms with E-state index in [2.05, 4.69) is 15.3 Å². The zero-order chi connectivity index (χ0) is 16.9. The van der Waals surface area contributed by atoms with Gasteiger partial charge in [0.15, 0.2) is 0 Å². The van der Waals surface area contributed by atoms with Crippen LogP contribution in [0, 0.1) is 0 Å². The van der Waals surface area contributed by atoms with Gasteiger partial charge in [0.2, 0.25) is 5.91 Å². The molecule has 0 spiro atoms. The lowest BCUT2D eigenvalue weighted by Gasteiger charge is -2.08. The Morgan fingerprint density at radius 1 is 1.21 bits per heavy atom. The number of H-pyrrole nitrogens is 1. The number of nitrogens with zero attached hydrogens (tertiary/aromatic N) is 1. The van der Waals surface area contributed by atoms with Crippen LogP contribution in [0.15, 0.2) is 42.5 Å². The molecular formula is C17H15Cl2N3O2. The Kier molecular flexibility index (Phi) is 5.23. The topological polar surface area (TPSA) is 67.0 Å². The Morgan fingerprint density at radius 3 is 2.83 bits per heavy atom. The predicted octanol–water partition coefficient (Wildman–Crippen LogP) is 3.96. The molecule has 0 aliphatic carbocycles. The molecule has 0 saturated heterocycles. The first-order chi connectivity index (χ1) is 11.6. The van der Waals surface area contributed by atoms with Crippen LogP contribution in [0.5, 0.6) is 5.75 Å². The average molecular weight is 364 g/mol. The number of para-hydroxylation sites is 2. The maximum Gasteiger partial charge on any atom is 0.223 e. The van der Waals surface area contributed by atoms with Crippen LogP contribution in [0.4, 0.5) is 0 Å². The van der Waals surface area contributed by atoms with Gasteiger partial charge in [-0.15, -0.1) is 0 Å². The number of carbonyl (C=O) groups is 1. The molecule has 0 fully saturated rings. The SMILES string of the molecule is O=C(CCOc1ccc(Cl)cc1Cl)NCc1nc2ccccc2[nH]1. The highest BCUT2D eigenvalue weighted by atomic mass is 35.5. The number of ether oxygens (including phenoxy) is 1. The van der Waals surface area contributed by atoms with E-state index in [0.717, 1.165) is 11.0 Å². The smallest absolute Gasteiger partial charge is 0.223 e. The molecule has 0 saturated carbocycles. The van der Waals surface area contributed by atoms with Crippen molar-refractivity contribution < 1.29 is 9.53 Å². The Labute approximate surface area is 148 Å². The minimum atomic E-state index is -0.124. The Morgan fingerprint density at radius 2 is 2.04 bits per heavy atom. The molecule has 2 aromatic carbocycles. The summed E-state index contributed by atoms with van der Waals surface area (Å²) in [6.07, 6.45) is 0.221. The van der Waals surface area contributed by atoms with Crippen molar-refractivity contribution in [2.75, 3.05) is 6.61 Å². The van der Waals surface area contributed by atoms with Crippen LogP contribution in [0.3, 0.4) is 0 Å². The number of carbonyl (C=O) groups excluding carboxylic acids is 1. The van der Waals surface area contributed by atoms with Gasteiger partial charge in [0.1, 0.15) is 11.6 Å². The van der Waals surface area contributed by atoms with Gasteiger partial charge in [0.05, 0.1) is 35.6 Å². The molecule has 1 aromatic heterocycles. The van der Waals surface area contributed by atoms with Crippen LogP contribution < -0.4 is 10.1 Å². The van der Waals surface area contributed by atoms with Gasteiger partial charge in [-0.3, -0.25) is 4.79 Å². The van der Waals surface area contributed by atoms with E-state index in [9.17, 15) is 4.79 Å². The number of fused-ring (bicyclic) bond motifs is 1. The van der Waals surface area contributed by atoms with Crippen LogP contribution in [0.2, 0.25) is 10.0 Å². The minimum Gasteiger partial charge on any atom is -0.491 e. The van der Waals surface area contributed by atoms with Crippen molar-refractivity contribution in [2.24, 2.45) is 0 Å². The molecule has 0 atom stereocenters. The molecule has 3 rings (SSSR count). The third-order valence-corrected chi connectivity index (χ3v) is 3.90. The lowest BCUT2D eigenvalue weighted by molar-refractivity contribution is -0.121. The number of nitrogens with one attached hydrogen (secondary N) is 2. The fraction of sp³-hybridized carbons (Fsp3) is 0.176. The maximum atomic E-state index is 11.9. The molecule has 5 nitrogen and oxygen atoms in total. The Hall–Kier alpha value is -2.24. The predicted molar refractivity (Wildman–Crippen MR) is 94.5 cm³/mol. The zero-order valence-corrected chi connectivity index (χ0v) is 14.2. The lowest BCUT2D eigenvalue weighted by Crippen LogP contribution is -2.25. The number of aromatic amines is 1. The minimum absolute atomic E-state index is 0.124. The fourth-order valence-corrected chi connectivity index (χ4v) is 2.67. The number of hydrogen-bond acceptors (Lipinski definition) is 3. The summed E-state index contributed by atoms with van der Waals surface area (Å²) < 4.78 is 5.49. The first-order valence-electron chi connectivity index (χ1n) is 7.40. The fourth-order valence-electron chi connectivity index (χ4n) is 2.21. The molecular weight excluding hydrogens is 349 g/mol. The van der Waals surface area contributed by atoms with Gasteiger partial charge in [-0.1, -0.05) is 35.3 Å². The maximum absolute atomic E-state index is 11.9. The molecule has 0 radical (unpaired) electrons. The molecule has 124 valence electrons. The molecule has 0 unspecified atom stereocenters. The van der Waals surface area contributed by atoms with Crippen molar-refractivity contribution in [3.05, 3.63) is 58.3 Å². The molecule has 1 amide bonds. The summed E-state index contributed by atoms with van der Waals surface area (Å²) in [5.41, 5.74) is 1.82. The van der Waals surface area contributed by atoms with Gasteiger partial charge in [-0.25, -0.2) is 4.98 Å². The van der Waals surface area contributed by atoms with Crippen molar-refractivity contribution in [1.29, 1.82) is 0 Å². The van der Waals surface area contributed by atoms with Gasteiger partial charge in [-0.2, -0.15) is 0 Å². The molecule has 0 bridgehead atoms. The second-order valence-electron chi connectivity index (χ2n) is 5.15. The second-order valence-corrected chi connectivity index (χ2v) is 5.99. The number of amides is 1. The summed E-state index contributed by atoms with van der Waals surface area (Å²) in [7, 11) is 0. The molecule has 0 aliphatic rings. The Balaban J connectivity index is 1.45. The summed E-state index contributed by atoms with van der Waals surface area (Å²) in [6.45, 7) is 0.572. The summed E-state index contributed by atoms with van der Waals surface area (Å²) in [6, 6.07) is 12.7. The number of aromatic nitrogens is 2. The van der Waals surface area contributed by atoms with Crippen LogP contribution >= 0.6 is 23.2 Å². The van der Waals surface area contributed by atoms with Crippen molar-refractivity contribution in [2.45, 2.75) is 13.0 Å². The molecule has 3 aromatic rings. The van der Waals surface area contributed by atoms with Crippen molar-refractivity contribution >= 4 is 40.1 Å². The molecule has 0 aliphatic heterocycles. The van der Waals surface area contributed by atoms with Crippen LogP contribution in [0.1, 0.15) is 12.2 Å². The number of benzene rings is 2. The normalized spacial score (nSPS) is 10.8. The van der Waals surface area contributed by atoms with Crippen LogP contribution in [-0.4, -0.2) is 22.5 Å². The summed E-state index contributed by atoms with van der Waals surface area (Å²) >= 11 is 11.8. The number of imidazole rings is 1. The van der Waals surface area contributed by atoms with E-state index in [4.69, 9.17) is 27.9 Å². The number of rotatable bonds is 6. The first kappa shape index (κ1) is 16.6. The van der Waals surface area contributed by atoms with E-state index in [1.807, 2.05) is 24.3 Å². The summed E-state index contributed by atoms with van der Waals surface area (Å²) in [5, 5.41) is 3.76. The molecule has 2 N–H and O–H groups in total. The quantitative estimate of drug-likeness (QED) is 0.696. The first-order valence-corrected chi connectivity index (χ1v) is 8.15. The van der Waals surface area contributed by atoms with Gasteiger partial charge in [-0.05, 0) is 30.3 Å². The van der Waals surface area contributed by atoms with Gasteiger partial charge >= 0.3 is 0 Å². The highest BCUT2D eigenvalue weighted by Crippen LogP contribution is 2.27. The van der Waals surface area contributed by atoms with E-state index in [0.29, 0.717) is 28.2 Å². The molecule has 24 heavy (non-hydrogen) atoms. The third-order valence-electron chi connectivity index (χ3n) is 3.37. The molecule has 7 heteroatoms. The standard InChI is InChI=1S/C17H15Cl2N3O2/c18-11-5-6-15(12(19)9-11)24-8-7-17(23)20-10-16-21-13-3-1-2-4-14(13)22-16/h1-6,9H,7-8,10H2,(H,20,23)(H,21,22). The summed E-state index contributed by atoms with van der Waals surface area (Å²) in [5.74, 6) is 1.10. The van der Waals surface area contributed by atoms with Crippen molar-refractivity contribution in [3.8, 4) is 5.75 Å². The number of halogens is 2. The summed E-state index contributed by atoms with van der Waals surface area (Å²) in [4.78, 5) is 19.4. The van der Waals surface area contributed by atoms with E-state index in [1.165, 1.54) is 0 Å². The molecule has 1 heterocycles. The van der Waals surface area contributed by atoms with Gasteiger partial charge < -0.3 is 15.0 Å². The monoisotopic (exact) mass is 363 g/mol. The van der Waals surface area contributed by atoms with Gasteiger partial charge in [0.25, 0.3) is 0 Å². The number of hydrogen-bond donors (Lipinski definition) is 2. The van der Waals surface area contributed by atoms with Crippen LogP contribution in [-0.2, 0) is 11.3 Å². The highest BCUT2D eigenvalue weighted by molar-refractivity contribution is 6.35. The Bertz CT molecular complexity index is 831. The highest BCUT2D eigenvalue weighted by Gasteiger charge is 2.07. The average Bonchev–Trinajstić information content (AvgIpc) is 2.98. The van der Waals surface area contributed by atoms with Gasteiger partial charge in [0, 0.05) is 5.02 Å².